The molecule has 0 aliphatic heterocycles. The Morgan fingerprint density at radius 1 is 1.50 bits per heavy atom. The lowest BCUT2D eigenvalue weighted by Crippen LogP contribution is -2.24. The fraction of sp³-hybridized carbons (Fsp3) is 0.455. The quantitative estimate of drug-likeness (QED) is 0.501. The molecular formula is C11H13N3O4. The van der Waals surface area contributed by atoms with E-state index in [4.69, 9.17) is 4.42 Å². The van der Waals surface area contributed by atoms with Crippen LogP contribution in [0.3, 0.4) is 0 Å². The van der Waals surface area contributed by atoms with Crippen molar-refractivity contribution in [2.45, 2.75) is 25.7 Å². The van der Waals surface area contributed by atoms with E-state index in [0.717, 1.165) is 25.7 Å². The molecule has 2 rings (SSSR count). The Balaban J connectivity index is 1.86. The van der Waals surface area contributed by atoms with Gasteiger partial charge in [-0.05, 0) is 18.9 Å². The van der Waals surface area contributed by atoms with Gasteiger partial charge in [0.15, 0.2) is 5.76 Å². The second-order valence-electron chi connectivity index (χ2n) is 4.15. The molecule has 1 N–H and O–H groups in total. The lowest BCUT2D eigenvalue weighted by atomic mass is 10.1. The SMILES string of the molecule is O=C(N/N=C\c1ccc([N+](=O)[O-])o1)C1CCCC1. The van der Waals surface area contributed by atoms with Crippen molar-refractivity contribution in [3.05, 3.63) is 28.0 Å². The van der Waals surface area contributed by atoms with E-state index in [-0.39, 0.29) is 23.5 Å². The molecule has 7 nitrogen and oxygen atoms in total. The van der Waals surface area contributed by atoms with Crippen LogP contribution in [-0.4, -0.2) is 17.0 Å². The summed E-state index contributed by atoms with van der Waals surface area (Å²) in [7, 11) is 0. The van der Waals surface area contributed by atoms with Crippen molar-refractivity contribution < 1.29 is 14.1 Å². The highest BCUT2D eigenvalue weighted by molar-refractivity contribution is 5.82. The van der Waals surface area contributed by atoms with Gasteiger partial charge in [0, 0.05) is 5.92 Å². The predicted molar refractivity (Wildman–Crippen MR) is 63.1 cm³/mol. The van der Waals surface area contributed by atoms with E-state index in [9.17, 15) is 14.9 Å². The van der Waals surface area contributed by atoms with Crippen LogP contribution in [0.25, 0.3) is 0 Å². The predicted octanol–water partition coefficient (Wildman–Crippen LogP) is 1.83. The van der Waals surface area contributed by atoms with Crippen LogP contribution in [0.1, 0.15) is 31.4 Å². The molecule has 0 radical (unpaired) electrons. The van der Waals surface area contributed by atoms with Crippen molar-refractivity contribution in [2.75, 3.05) is 0 Å². The summed E-state index contributed by atoms with van der Waals surface area (Å²) in [5.41, 5.74) is 2.41. The van der Waals surface area contributed by atoms with Gasteiger partial charge < -0.3 is 4.42 Å². The number of hydrazone groups is 1. The Morgan fingerprint density at radius 3 is 2.83 bits per heavy atom. The van der Waals surface area contributed by atoms with Crippen LogP contribution in [-0.2, 0) is 4.79 Å². The maximum atomic E-state index is 11.6. The van der Waals surface area contributed by atoms with Gasteiger partial charge >= 0.3 is 5.88 Å². The van der Waals surface area contributed by atoms with Gasteiger partial charge in [-0.25, -0.2) is 5.43 Å². The smallest absolute Gasteiger partial charge is 0.400 e. The van der Waals surface area contributed by atoms with Gasteiger partial charge in [0.05, 0.1) is 12.3 Å². The van der Waals surface area contributed by atoms with E-state index in [1.165, 1.54) is 18.3 Å². The maximum Gasteiger partial charge on any atom is 0.433 e. The Morgan fingerprint density at radius 2 is 2.22 bits per heavy atom. The minimum atomic E-state index is -0.631. The van der Waals surface area contributed by atoms with Gasteiger partial charge in [-0.15, -0.1) is 0 Å². The van der Waals surface area contributed by atoms with E-state index in [1.807, 2.05) is 0 Å². The van der Waals surface area contributed by atoms with Crippen molar-refractivity contribution in [3.63, 3.8) is 0 Å². The third kappa shape index (κ3) is 2.93. The molecule has 1 aromatic heterocycles. The number of amides is 1. The third-order valence-corrected chi connectivity index (χ3v) is 2.89. The van der Waals surface area contributed by atoms with E-state index in [2.05, 4.69) is 10.5 Å². The summed E-state index contributed by atoms with van der Waals surface area (Å²) < 4.78 is 4.85. The lowest BCUT2D eigenvalue weighted by molar-refractivity contribution is -0.402. The number of hydrogen-bond donors (Lipinski definition) is 1. The summed E-state index contributed by atoms with van der Waals surface area (Å²) in [6.07, 6.45) is 5.19. The summed E-state index contributed by atoms with van der Waals surface area (Å²) in [5, 5.41) is 14.1. The Labute approximate surface area is 103 Å². The van der Waals surface area contributed by atoms with Crippen molar-refractivity contribution in [1.29, 1.82) is 0 Å². The second-order valence-corrected chi connectivity index (χ2v) is 4.15. The lowest BCUT2D eigenvalue weighted by Gasteiger charge is -2.04. The van der Waals surface area contributed by atoms with Gasteiger partial charge in [-0.3, -0.25) is 14.9 Å². The van der Waals surface area contributed by atoms with Crippen LogP contribution < -0.4 is 5.43 Å². The molecule has 0 unspecified atom stereocenters. The first kappa shape index (κ1) is 12.3. The number of nitrogens with one attached hydrogen (secondary N) is 1. The zero-order valence-electron chi connectivity index (χ0n) is 9.67. The average molecular weight is 251 g/mol. The Hall–Kier alpha value is -2.18. The number of nitro groups is 1. The average Bonchev–Trinajstić information content (AvgIpc) is 3.00. The molecule has 1 heterocycles. The summed E-state index contributed by atoms with van der Waals surface area (Å²) in [4.78, 5) is 21.3. The van der Waals surface area contributed by atoms with E-state index < -0.39 is 4.92 Å². The van der Waals surface area contributed by atoms with Gasteiger partial charge in [0.2, 0.25) is 5.91 Å². The Kier molecular flexibility index (Phi) is 3.71. The molecule has 1 amide bonds. The summed E-state index contributed by atoms with van der Waals surface area (Å²) >= 11 is 0. The summed E-state index contributed by atoms with van der Waals surface area (Å²) in [6.45, 7) is 0. The van der Waals surface area contributed by atoms with Crippen LogP contribution in [0.2, 0.25) is 0 Å². The standard InChI is InChI=1S/C11H13N3O4/c15-11(8-3-1-2-4-8)13-12-7-9-5-6-10(18-9)14(16)17/h5-8H,1-4H2,(H,13,15)/b12-7-. The van der Waals surface area contributed by atoms with Crippen molar-refractivity contribution >= 4 is 18.0 Å². The normalized spacial score (nSPS) is 16.2. The molecule has 0 bridgehead atoms. The molecule has 1 aromatic rings. The van der Waals surface area contributed by atoms with Gasteiger partial charge in [-0.2, -0.15) is 5.10 Å². The number of nitrogens with zero attached hydrogens (tertiary/aromatic N) is 2. The van der Waals surface area contributed by atoms with Crippen LogP contribution in [0, 0.1) is 16.0 Å². The van der Waals surface area contributed by atoms with Crippen LogP contribution in [0.4, 0.5) is 5.88 Å². The minimum Gasteiger partial charge on any atom is -0.400 e. The van der Waals surface area contributed by atoms with Gasteiger partial charge in [0.25, 0.3) is 0 Å². The molecule has 0 saturated heterocycles. The van der Waals surface area contributed by atoms with E-state index in [1.54, 1.807) is 0 Å². The monoisotopic (exact) mass is 251 g/mol. The van der Waals surface area contributed by atoms with E-state index >= 15 is 0 Å². The number of rotatable bonds is 4. The van der Waals surface area contributed by atoms with Crippen molar-refractivity contribution in [1.82, 2.24) is 5.43 Å². The minimum absolute atomic E-state index is 0.0353. The molecule has 7 heteroatoms. The molecule has 0 spiro atoms. The molecule has 18 heavy (non-hydrogen) atoms. The fourth-order valence-corrected chi connectivity index (χ4v) is 1.95. The fourth-order valence-electron chi connectivity index (χ4n) is 1.95. The number of hydrogen-bond acceptors (Lipinski definition) is 5. The largest absolute Gasteiger partial charge is 0.433 e. The first-order valence-electron chi connectivity index (χ1n) is 5.74. The summed E-state index contributed by atoms with van der Waals surface area (Å²) in [6, 6.07) is 2.66. The highest BCUT2D eigenvalue weighted by atomic mass is 16.6. The number of carbonyl (C=O) groups excluding carboxylic acids is 1. The van der Waals surface area contributed by atoms with Crippen molar-refractivity contribution in [3.8, 4) is 0 Å². The van der Waals surface area contributed by atoms with Crippen LogP contribution in [0.15, 0.2) is 21.7 Å². The maximum absolute atomic E-state index is 11.6. The number of furan rings is 1. The molecule has 0 atom stereocenters. The third-order valence-electron chi connectivity index (χ3n) is 2.89. The van der Waals surface area contributed by atoms with Gasteiger partial charge in [-0.1, -0.05) is 12.8 Å². The zero-order chi connectivity index (χ0) is 13.0. The highest BCUT2D eigenvalue weighted by Crippen LogP contribution is 2.24. The Bertz CT molecular complexity index is 474. The van der Waals surface area contributed by atoms with E-state index in [0.29, 0.717) is 0 Å². The molecule has 1 fully saturated rings. The molecule has 1 saturated carbocycles. The van der Waals surface area contributed by atoms with Crippen LogP contribution >= 0.6 is 0 Å². The van der Waals surface area contributed by atoms with Crippen LogP contribution in [0.5, 0.6) is 0 Å². The molecule has 1 aliphatic carbocycles. The summed E-state index contributed by atoms with van der Waals surface area (Å²) in [5.74, 6) is -0.190. The topological polar surface area (TPSA) is 97.7 Å². The molecular weight excluding hydrogens is 238 g/mol. The van der Waals surface area contributed by atoms with Gasteiger partial charge in [0.1, 0.15) is 4.92 Å². The van der Waals surface area contributed by atoms with Crippen molar-refractivity contribution in [2.24, 2.45) is 11.0 Å². The zero-order valence-corrected chi connectivity index (χ0v) is 9.67. The molecule has 1 aliphatic rings. The molecule has 96 valence electrons. The second kappa shape index (κ2) is 5.44. The first-order valence-corrected chi connectivity index (χ1v) is 5.74. The highest BCUT2D eigenvalue weighted by Gasteiger charge is 2.22. The number of carbonyl (C=O) groups is 1. The molecule has 0 aromatic carbocycles. The first-order chi connectivity index (χ1) is 8.66.